The quantitative estimate of drug-likeness (QED) is 0.830. The average Bonchev–Trinajstić information content (AvgIpc) is 2.55. The SMILES string of the molecule is CCc1cc(=O)n(CCNC(=O)COc2ccccc2F)cn1. The summed E-state index contributed by atoms with van der Waals surface area (Å²) in [6.07, 6.45) is 2.16. The van der Waals surface area contributed by atoms with E-state index in [9.17, 15) is 14.0 Å². The van der Waals surface area contributed by atoms with Gasteiger partial charge in [-0.05, 0) is 18.6 Å². The molecule has 1 amide bonds. The summed E-state index contributed by atoms with van der Waals surface area (Å²) in [5.74, 6) is -0.883. The third kappa shape index (κ3) is 4.91. The summed E-state index contributed by atoms with van der Waals surface area (Å²) in [4.78, 5) is 27.5. The van der Waals surface area contributed by atoms with Crippen molar-refractivity contribution in [2.24, 2.45) is 0 Å². The van der Waals surface area contributed by atoms with Crippen LogP contribution in [0.5, 0.6) is 5.75 Å². The van der Waals surface area contributed by atoms with Gasteiger partial charge in [-0.2, -0.15) is 0 Å². The van der Waals surface area contributed by atoms with Crippen LogP contribution in [0.2, 0.25) is 0 Å². The lowest BCUT2D eigenvalue weighted by Gasteiger charge is -2.09. The second-order valence-corrected chi connectivity index (χ2v) is 4.83. The molecule has 0 unspecified atom stereocenters. The zero-order valence-electron chi connectivity index (χ0n) is 12.8. The highest BCUT2D eigenvalue weighted by Crippen LogP contribution is 2.14. The minimum Gasteiger partial charge on any atom is -0.481 e. The topological polar surface area (TPSA) is 73.2 Å². The predicted molar refractivity (Wildman–Crippen MR) is 82.8 cm³/mol. The van der Waals surface area contributed by atoms with E-state index >= 15 is 0 Å². The van der Waals surface area contributed by atoms with Gasteiger partial charge in [0.1, 0.15) is 0 Å². The highest BCUT2D eigenvalue weighted by molar-refractivity contribution is 5.77. The van der Waals surface area contributed by atoms with Gasteiger partial charge in [-0.25, -0.2) is 9.37 Å². The molecule has 0 aliphatic rings. The van der Waals surface area contributed by atoms with Crippen molar-refractivity contribution in [3.63, 3.8) is 0 Å². The lowest BCUT2D eigenvalue weighted by atomic mass is 10.3. The molecule has 1 heterocycles. The molecule has 0 atom stereocenters. The Kier molecular flexibility index (Phi) is 5.85. The number of nitrogens with one attached hydrogen (secondary N) is 1. The van der Waals surface area contributed by atoms with E-state index in [0.717, 1.165) is 5.69 Å². The van der Waals surface area contributed by atoms with Crippen LogP contribution in [0.4, 0.5) is 4.39 Å². The monoisotopic (exact) mass is 319 g/mol. The third-order valence-corrected chi connectivity index (χ3v) is 3.17. The molecule has 0 aliphatic carbocycles. The average molecular weight is 319 g/mol. The Bertz CT molecular complexity index is 731. The van der Waals surface area contributed by atoms with E-state index in [-0.39, 0.29) is 30.4 Å². The fourth-order valence-electron chi connectivity index (χ4n) is 1.90. The molecular formula is C16H18FN3O3. The molecule has 1 aromatic heterocycles. The smallest absolute Gasteiger partial charge is 0.258 e. The normalized spacial score (nSPS) is 10.3. The van der Waals surface area contributed by atoms with E-state index in [4.69, 9.17) is 4.74 Å². The number of para-hydroxylation sites is 1. The van der Waals surface area contributed by atoms with E-state index in [1.54, 1.807) is 6.07 Å². The number of nitrogens with zero attached hydrogens (tertiary/aromatic N) is 2. The lowest BCUT2D eigenvalue weighted by Crippen LogP contribution is -2.33. The standard InChI is InChI=1S/C16H18FN3O3/c1-2-12-9-16(22)20(11-19-12)8-7-18-15(21)10-23-14-6-4-3-5-13(14)17/h3-6,9,11H,2,7-8,10H2,1H3,(H,18,21). The van der Waals surface area contributed by atoms with E-state index in [1.807, 2.05) is 6.92 Å². The molecule has 0 saturated heterocycles. The molecule has 6 nitrogen and oxygen atoms in total. The second-order valence-electron chi connectivity index (χ2n) is 4.83. The number of aryl methyl sites for hydroxylation is 1. The summed E-state index contributed by atoms with van der Waals surface area (Å²) in [7, 11) is 0. The molecule has 0 bridgehead atoms. The summed E-state index contributed by atoms with van der Waals surface area (Å²) in [5, 5.41) is 2.60. The van der Waals surface area contributed by atoms with E-state index < -0.39 is 5.82 Å². The number of aromatic nitrogens is 2. The van der Waals surface area contributed by atoms with Crippen molar-refractivity contribution < 1.29 is 13.9 Å². The minimum atomic E-state index is -0.519. The summed E-state index contributed by atoms with van der Waals surface area (Å²) in [5.41, 5.74) is 0.572. The van der Waals surface area contributed by atoms with Crippen molar-refractivity contribution in [1.82, 2.24) is 14.9 Å². The number of halogens is 1. The van der Waals surface area contributed by atoms with Gasteiger partial charge >= 0.3 is 0 Å². The second kappa shape index (κ2) is 8.07. The van der Waals surface area contributed by atoms with Crippen molar-refractivity contribution in [2.45, 2.75) is 19.9 Å². The van der Waals surface area contributed by atoms with Gasteiger partial charge in [0.15, 0.2) is 18.2 Å². The van der Waals surface area contributed by atoms with Gasteiger partial charge in [-0.1, -0.05) is 19.1 Å². The molecule has 2 rings (SSSR count). The highest BCUT2D eigenvalue weighted by Gasteiger charge is 2.06. The van der Waals surface area contributed by atoms with Gasteiger partial charge < -0.3 is 10.1 Å². The van der Waals surface area contributed by atoms with Crippen LogP contribution in [0.15, 0.2) is 41.5 Å². The Morgan fingerprint density at radius 1 is 1.39 bits per heavy atom. The first kappa shape index (κ1) is 16.7. The molecular weight excluding hydrogens is 301 g/mol. The number of carbonyl (C=O) groups is 1. The summed E-state index contributed by atoms with van der Waals surface area (Å²) in [6.45, 7) is 2.19. The van der Waals surface area contributed by atoms with Crippen molar-refractivity contribution in [2.75, 3.05) is 13.2 Å². The van der Waals surface area contributed by atoms with Crippen LogP contribution >= 0.6 is 0 Å². The van der Waals surface area contributed by atoms with E-state index in [1.165, 1.54) is 35.2 Å². The van der Waals surface area contributed by atoms with Crippen LogP contribution in [0, 0.1) is 5.82 Å². The van der Waals surface area contributed by atoms with Crippen LogP contribution in [0.1, 0.15) is 12.6 Å². The molecule has 23 heavy (non-hydrogen) atoms. The van der Waals surface area contributed by atoms with Gasteiger partial charge in [-0.15, -0.1) is 0 Å². The Balaban J connectivity index is 1.77. The Labute approximate surface area is 132 Å². The first-order valence-corrected chi connectivity index (χ1v) is 7.29. The number of benzene rings is 1. The number of hydrogen-bond acceptors (Lipinski definition) is 4. The maximum absolute atomic E-state index is 13.3. The number of rotatable bonds is 7. The first-order valence-electron chi connectivity index (χ1n) is 7.29. The van der Waals surface area contributed by atoms with E-state index in [2.05, 4.69) is 10.3 Å². The van der Waals surface area contributed by atoms with Crippen molar-refractivity contribution in [3.05, 3.63) is 58.5 Å². The molecule has 2 aromatic rings. The Morgan fingerprint density at radius 3 is 2.87 bits per heavy atom. The molecule has 0 fully saturated rings. The summed E-state index contributed by atoms with van der Waals surface area (Å²) in [6, 6.07) is 7.34. The zero-order valence-corrected chi connectivity index (χ0v) is 12.8. The number of carbonyl (C=O) groups excluding carboxylic acids is 1. The number of hydrogen-bond donors (Lipinski definition) is 1. The molecule has 122 valence electrons. The molecule has 1 aromatic carbocycles. The largest absolute Gasteiger partial charge is 0.481 e. The van der Waals surface area contributed by atoms with Crippen LogP contribution in [0.25, 0.3) is 0 Å². The minimum absolute atomic E-state index is 0.0261. The fourth-order valence-corrected chi connectivity index (χ4v) is 1.90. The van der Waals surface area contributed by atoms with Gasteiger partial charge in [0.25, 0.3) is 11.5 Å². The fraction of sp³-hybridized carbons (Fsp3) is 0.312. The van der Waals surface area contributed by atoms with Crippen LogP contribution in [-0.4, -0.2) is 28.6 Å². The molecule has 0 saturated carbocycles. The number of ether oxygens (including phenoxy) is 1. The predicted octanol–water partition coefficient (Wildman–Crippen LogP) is 1.14. The maximum atomic E-state index is 13.3. The highest BCUT2D eigenvalue weighted by atomic mass is 19.1. The number of amides is 1. The van der Waals surface area contributed by atoms with E-state index in [0.29, 0.717) is 13.0 Å². The van der Waals surface area contributed by atoms with Gasteiger partial charge in [0.05, 0.1) is 6.33 Å². The zero-order chi connectivity index (χ0) is 16.7. The Hall–Kier alpha value is -2.70. The Morgan fingerprint density at radius 2 is 2.17 bits per heavy atom. The van der Waals surface area contributed by atoms with Crippen molar-refractivity contribution in [1.29, 1.82) is 0 Å². The molecule has 0 radical (unpaired) electrons. The van der Waals surface area contributed by atoms with Crippen molar-refractivity contribution in [3.8, 4) is 5.75 Å². The van der Waals surface area contributed by atoms with Crippen molar-refractivity contribution >= 4 is 5.91 Å². The van der Waals surface area contributed by atoms with Crippen LogP contribution in [0.3, 0.4) is 0 Å². The van der Waals surface area contributed by atoms with Gasteiger partial charge in [0.2, 0.25) is 0 Å². The summed E-state index contributed by atoms with van der Waals surface area (Å²) >= 11 is 0. The third-order valence-electron chi connectivity index (χ3n) is 3.17. The van der Waals surface area contributed by atoms with Gasteiger partial charge in [-0.3, -0.25) is 14.2 Å². The molecule has 0 aliphatic heterocycles. The summed E-state index contributed by atoms with van der Waals surface area (Å²) < 4.78 is 19.8. The molecule has 0 spiro atoms. The maximum Gasteiger partial charge on any atom is 0.258 e. The van der Waals surface area contributed by atoms with Gasteiger partial charge in [0, 0.05) is 24.8 Å². The molecule has 1 N–H and O–H groups in total. The van der Waals surface area contributed by atoms with Crippen LogP contribution in [-0.2, 0) is 17.8 Å². The van der Waals surface area contributed by atoms with Crippen LogP contribution < -0.4 is 15.6 Å². The lowest BCUT2D eigenvalue weighted by molar-refractivity contribution is -0.123. The molecule has 7 heteroatoms. The first-order chi connectivity index (χ1) is 11.1.